The summed E-state index contributed by atoms with van der Waals surface area (Å²) in [7, 11) is 1.07. The van der Waals surface area contributed by atoms with Crippen molar-refractivity contribution in [2.24, 2.45) is 0 Å². The fraction of sp³-hybridized carbons (Fsp3) is 0.409. The van der Waals surface area contributed by atoms with E-state index in [0.29, 0.717) is 0 Å². The van der Waals surface area contributed by atoms with E-state index in [1.54, 1.807) is 0 Å². The summed E-state index contributed by atoms with van der Waals surface area (Å²) in [5.74, 6) is -3.64. The Kier molecular flexibility index (Phi) is 5.07. The van der Waals surface area contributed by atoms with E-state index in [4.69, 9.17) is 14.2 Å². The van der Waals surface area contributed by atoms with Crippen LogP contribution < -0.4 is 5.32 Å². The number of ketones is 2. The van der Waals surface area contributed by atoms with Gasteiger partial charge in [-0.1, -0.05) is 31.2 Å². The summed E-state index contributed by atoms with van der Waals surface area (Å²) in [6.45, 7) is 3.42. The summed E-state index contributed by atoms with van der Waals surface area (Å²) in [5.41, 5.74) is -5.14. The highest BCUT2D eigenvalue weighted by Gasteiger charge is 2.74. The summed E-state index contributed by atoms with van der Waals surface area (Å²) < 4.78 is 30.7. The quantitative estimate of drug-likeness (QED) is 0.301. The molecule has 3 aliphatic rings. The fourth-order valence-corrected chi connectivity index (χ4v) is 4.06. The Hall–Kier alpha value is -2.88. The van der Waals surface area contributed by atoms with Crippen molar-refractivity contribution in [3.05, 3.63) is 59.1 Å². The number of hydrogen-bond donors (Lipinski definition) is 2. The number of nitrogens with one attached hydrogen (secondary N) is 1. The molecule has 9 heteroatoms. The van der Waals surface area contributed by atoms with Crippen molar-refractivity contribution in [3.8, 4) is 0 Å². The van der Waals surface area contributed by atoms with Crippen LogP contribution in [0.15, 0.2) is 47.7 Å². The summed E-state index contributed by atoms with van der Waals surface area (Å²) in [6, 6.07) is 5.06. The predicted molar refractivity (Wildman–Crippen MR) is 104 cm³/mol. The van der Waals surface area contributed by atoms with Crippen LogP contribution >= 0.6 is 0 Å². The lowest BCUT2D eigenvalue weighted by Crippen LogP contribution is -2.60. The number of allylic oxidation sites excluding steroid dienone is 1. The highest BCUT2D eigenvalue weighted by atomic mass is 19.1. The molecule has 8 nitrogen and oxygen atoms in total. The van der Waals surface area contributed by atoms with Crippen LogP contribution in [0.1, 0.15) is 30.6 Å². The number of halogens is 1. The molecule has 0 saturated carbocycles. The van der Waals surface area contributed by atoms with Gasteiger partial charge in [-0.2, -0.15) is 0 Å². The van der Waals surface area contributed by atoms with Gasteiger partial charge in [-0.05, 0) is 25.5 Å². The third-order valence-corrected chi connectivity index (χ3v) is 5.85. The maximum atomic E-state index is 14.3. The van der Waals surface area contributed by atoms with Gasteiger partial charge in [0.1, 0.15) is 23.8 Å². The van der Waals surface area contributed by atoms with Gasteiger partial charge in [-0.3, -0.25) is 14.4 Å². The van der Waals surface area contributed by atoms with E-state index in [9.17, 15) is 23.9 Å². The first kappa shape index (κ1) is 21.4. The Bertz CT molecular complexity index is 1030. The summed E-state index contributed by atoms with van der Waals surface area (Å²) in [4.78, 5) is 39.3. The second-order valence-corrected chi connectivity index (χ2v) is 7.62. The molecule has 1 aromatic carbocycles. The molecule has 2 saturated heterocycles. The number of ether oxygens (including phenoxy) is 3. The molecule has 0 radical (unpaired) electrons. The summed E-state index contributed by atoms with van der Waals surface area (Å²) in [6.07, 6.45) is 1.54. The molecule has 164 valence electrons. The van der Waals surface area contributed by atoms with E-state index >= 15 is 0 Å². The van der Waals surface area contributed by atoms with Crippen molar-refractivity contribution < 1.29 is 38.1 Å². The van der Waals surface area contributed by atoms with Crippen molar-refractivity contribution in [3.63, 3.8) is 0 Å². The van der Waals surface area contributed by atoms with Crippen LogP contribution in [0.3, 0.4) is 0 Å². The molecule has 0 aliphatic carbocycles. The molecule has 31 heavy (non-hydrogen) atoms. The lowest BCUT2D eigenvalue weighted by atomic mass is 9.85. The first-order chi connectivity index (χ1) is 14.7. The van der Waals surface area contributed by atoms with E-state index in [2.05, 4.69) is 5.32 Å². The van der Waals surface area contributed by atoms with Gasteiger partial charge >= 0.3 is 0 Å². The van der Waals surface area contributed by atoms with Crippen LogP contribution in [0.4, 0.5) is 4.39 Å². The molecule has 0 unspecified atom stereocenters. The van der Waals surface area contributed by atoms with Gasteiger partial charge in [0.15, 0.2) is 6.10 Å². The summed E-state index contributed by atoms with van der Waals surface area (Å²) in [5, 5.41) is 13.4. The fourth-order valence-electron chi connectivity index (χ4n) is 4.06. The number of rotatable bonds is 6. The standard InChI is InChI=1S/C22H22FNO7/c1-4-5-10-14-16(30-14)15-11(2)17(25)21(31-15)19(27)22(29-3,24-20(21)28)18(26)12-8-6-7-9-13(12)23/h5-10,14,16,19,27H,4H2,1-3H3,(H,24,28)/b10-5-/t14-,16-,19+,21+,22+/m0/s1. The lowest BCUT2D eigenvalue weighted by molar-refractivity contribution is -0.160. The minimum absolute atomic E-state index is 0.108. The van der Waals surface area contributed by atoms with Crippen molar-refractivity contribution in [2.75, 3.05) is 7.11 Å². The molecule has 5 atom stereocenters. The molecule has 1 spiro atoms. The lowest BCUT2D eigenvalue weighted by Gasteiger charge is -2.32. The second-order valence-electron chi connectivity index (χ2n) is 7.62. The van der Waals surface area contributed by atoms with Crippen molar-refractivity contribution in [1.29, 1.82) is 0 Å². The average Bonchev–Trinajstić information content (AvgIpc) is 3.43. The third kappa shape index (κ3) is 2.88. The number of aliphatic hydroxyl groups is 1. The van der Waals surface area contributed by atoms with Gasteiger partial charge in [0.2, 0.25) is 17.3 Å². The zero-order valence-electron chi connectivity index (χ0n) is 17.2. The molecule has 3 heterocycles. The third-order valence-electron chi connectivity index (χ3n) is 5.85. The van der Waals surface area contributed by atoms with E-state index in [0.717, 1.165) is 19.6 Å². The number of methoxy groups -OCH3 is 1. The minimum atomic E-state index is -2.43. The van der Waals surface area contributed by atoms with E-state index in [-0.39, 0.29) is 17.4 Å². The zero-order valence-corrected chi connectivity index (χ0v) is 17.2. The molecule has 0 bridgehead atoms. The van der Waals surface area contributed by atoms with Gasteiger partial charge in [0, 0.05) is 12.7 Å². The smallest absolute Gasteiger partial charge is 0.278 e. The normalized spacial score (nSPS) is 34.5. The monoisotopic (exact) mass is 431 g/mol. The maximum Gasteiger partial charge on any atom is 0.278 e. The molecule has 4 rings (SSSR count). The van der Waals surface area contributed by atoms with E-state index in [1.807, 2.05) is 19.1 Å². The molecular formula is C22H22FNO7. The Balaban J connectivity index is 1.69. The van der Waals surface area contributed by atoms with Crippen LogP contribution in [-0.4, -0.2) is 59.3 Å². The number of carbonyl (C=O) groups is 3. The zero-order chi connectivity index (χ0) is 22.6. The molecule has 2 N–H and O–H groups in total. The van der Waals surface area contributed by atoms with Crippen LogP contribution in [0, 0.1) is 5.82 Å². The number of epoxide rings is 1. The number of carbonyl (C=O) groups excluding carboxylic acids is 3. The van der Waals surface area contributed by atoms with Crippen LogP contribution in [-0.2, 0) is 23.8 Å². The van der Waals surface area contributed by atoms with Crippen molar-refractivity contribution >= 4 is 17.5 Å². The highest BCUT2D eigenvalue weighted by molar-refractivity contribution is 6.23. The molecule has 3 aliphatic heterocycles. The molecule has 1 aromatic rings. The van der Waals surface area contributed by atoms with E-state index in [1.165, 1.54) is 25.1 Å². The highest BCUT2D eigenvalue weighted by Crippen LogP contribution is 2.47. The Morgan fingerprint density at radius 1 is 1.35 bits per heavy atom. The van der Waals surface area contributed by atoms with Crippen LogP contribution in [0.5, 0.6) is 0 Å². The van der Waals surface area contributed by atoms with Crippen molar-refractivity contribution in [1.82, 2.24) is 5.32 Å². The van der Waals surface area contributed by atoms with Crippen LogP contribution in [0.2, 0.25) is 0 Å². The van der Waals surface area contributed by atoms with E-state index < -0.39 is 52.4 Å². The number of aliphatic hydroxyl groups excluding tert-OH is 1. The topological polar surface area (TPSA) is 114 Å². The summed E-state index contributed by atoms with van der Waals surface area (Å²) >= 11 is 0. The number of Topliss-reactive ketones (excluding diaryl/α,β-unsaturated/α-hetero) is 2. The molecular weight excluding hydrogens is 409 g/mol. The van der Waals surface area contributed by atoms with Gasteiger partial charge in [0.25, 0.3) is 11.5 Å². The maximum absolute atomic E-state index is 14.3. The first-order valence-electron chi connectivity index (χ1n) is 9.86. The molecule has 1 amide bonds. The molecule has 0 aromatic heterocycles. The SMILES string of the molecule is CC/C=C\[C@@H]1O[C@@H]1C1=C(C)C(=O)[C@]2(O1)C(=O)N[C@@](OC)(C(=O)c1ccccc1F)[C@@H]2O. The predicted octanol–water partition coefficient (Wildman–Crippen LogP) is 1.19. The molecule has 2 fully saturated rings. The van der Waals surface area contributed by atoms with Crippen molar-refractivity contribution in [2.45, 2.75) is 49.9 Å². The second kappa shape index (κ2) is 7.37. The Morgan fingerprint density at radius 2 is 2.06 bits per heavy atom. The minimum Gasteiger partial charge on any atom is -0.467 e. The Morgan fingerprint density at radius 3 is 2.71 bits per heavy atom. The number of hydrogen-bond acceptors (Lipinski definition) is 7. The van der Waals surface area contributed by atoms with Crippen LogP contribution in [0.25, 0.3) is 0 Å². The number of amides is 1. The van der Waals surface area contributed by atoms with Gasteiger partial charge in [-0.25, -0.2) is 4.39 Å². The Labute approximate surface area is 177 Å². The van der Waals surface area contributed by atoms with Gasteiger partial charge in [-0.15, -0.1) is 0 Å². The van der Waals surface area contributed by atoms with Gasteiger partial charge < -0.3 is 24.6 Å². The first-order valence-corrected chi connectivity index (χ1v) is 9.86. The average molecular weight is 431 g/mol. The number of benzene rings is 1. The largest absolute Gasteiger partial charge is 0.467 e. The van der Waals surface area contributed by atoms with Gasteiger partial charge in [0.05, 0.1) is 5.56 Å².